The summed E-state index contributed by atoms with van der Waals surface area (Å²) in [7, 11) is 0. The van der Waals surface area contributed by atoms with Gasteiger partial charge in [-0.25, -0.2) is 5.48 Å². The molecule has 0 saturated heterocycles. The summed E-state index contributed by atoms with van der Waals surface area (Å²) in [6, 6.07) is 9.88. The molecule has 1 atom stereocenters. The van der Waals surface area contributed by atoms with Crippen molar-refractivity contribution in [2.75, 3.05) is 6.54 Å². The summed E-state index contributed by atoms with van der Waals surface area (Å²) in [5.74, 6) is -0.437. The monoisotopic (exact) mass is 194 g/mol. The first-order valence-corrected chi connectivity index (χ1v) is 4.45. The molecule has 3 N–H and O–H groups in total. The zero-order chi connectivity index (χ0) is 10.4. The van der Waals surface area contributed by atoms with Gasteiger partial charge < -0.3 is 5.32 Å². The van der Waals surface area contributed by atoms with E-state index in [1.165, 1.54) is 0 Å². The minimum absolute atomic E-state index is 0.0912. The van der Waals surface area contributed by atoms with Gasteiger partial charge in [0.15, 0.2) is 0 Å². The highest BCUT2D eigenvalue weighted by Gasteiger charge is 2.05. The summed E-state index contributed by atoms with van der Waals surface area (Å²) in [6.07, 6.45) is 0. The van der Waals surface area contributed by atoms with Crippen LogP contribution in [0.5, 0.6) is 0 Å². The largest absolute Gasteiger partial charge is 0.302 e. The third-order valence-electron chi connectivity index (χ3n) is 1.99. The topological polar surface area (TPSA) is 61.4 Å². The highest BCUT2D eigenvalue weighted by molar-refractivity contribution is 5.76. The van der Waals surface area contributed by atoms with Gasteiger partial charge in [0.2, 0.25) is 0 Å². The second kappa shape index (κ2) is 5.36. The van der Waals surface area contributed by atoms with Crippen molar-refractivity contribution in [3.8, 4) is 0 Å². The molecule has 0 aliphatic heterocycles. The summed E-state index contributed by atoms with van der Waals surface area (Å²) in [5.41, 5.74) is 2.68. The molecule has 1 amide bonds. The van der Waals surface area contributed by atoms with Gasteiger partial charge in [-0.15, -0.1) is 0 Å². The van der Waals surface area contributed by atoms with E-state index in [-0.39, 0.29) is 12.6 Å². The van der Waals surface area contributed by atoms with E-state index in [2.05, 4.69) is 5.32 Å². The van der Waals surface area contributed by atoms with E-state index in [0.29, 0.717) is 0 Å². The smallest absolute Gasteiger partial charge is 0.257 e. The van der Waals surface area contributed by atoms with Crippen molar-refractivity contribution in [1.82, 2.24) is 10.8 Å². The Morgan fingerprint density at radius 3 is 2.64 bits per heavy atom. The van der Waals surface area contributed by atoms with Crippen LogP contribution in [-0.2, 0) is 4.79 Å². The van der Waals surface area contributed by atoms with Crippen molar-refractivity contribution in [1.29, 1.82) is 0 Å². The minimum atomic E-state index is -0.437. The highest BCUT2D eigenvalue weighted by atomic mass is 16.5. The Labute approximate surface area is 82.9 Å². The molecule has 0 fully saturated rings. The molecule has 4 nitrogen and oxygen atoms in total. The van der Waals surface area contributed by atoms with Crippen molar-refractivity contribution in [3.63, 3.8) is 0 Å². The molecule has 14 heavy (non-hydrogen) atoms. The van der Waals surface area contributed by atoms with E-state index >= 15 is 0 Å². The van der Waals surface area contributed by atoms with Crippen LogP contribution < -0.4 is 10.8 Å². The van der Waals surface area contributed by atoms with Gasteiger partial charge >= 0.3 is 0 Å². The lowest BCUT2D eigenvalue weighted by Gasteiger charge is -2.12. The fourth-order valence-electron chi connectivity index (χ4n) is 1.14. The van der Waals surface area contributed by atoms with Gasteiger partial charge in [0, 0.05) is 6.04 Å². The molecule has 0 heterocycles. The Hall–Kier alpha value is -1.39. The van der Waals surface area contributed by atoms with Gasteiger partial charge in [0.25, 0.3) is 5.91 Å². The van der Waals surface area contributed by atoms with E-state index in [4.69, 9.17) is 5.21 Å². The van der Waals surface area contributed by atoms with Crippen LogP contribution in [0.4, 0.5) is 0 Å². The molecule has 1 unspecified atom stereocenters. The second-order valence-electron chi connectivity index (χ2n) is 3.05. The first-order chi connectivity index (χ1) is 6.74. The molecule has 4 heteroatoms. The lowest BCUT2D eigenvalue weighted by Crippen LogP contribution is -2.33. The number of carbonyl (C=O) groups is 1. The lowest BCUT2D eigenvalue weighted by molar-refractivity contribution is -0.128. The summed E-state index contributed by atoms with van der Waals surface area (Å²) >= 11 is 0. The fraction of sp³-hybridized carbons (Fsp3) is 0.300. The average Bonchev–Trinajstić information content (AvgIpc) is 2.26. The van der Waals surface area contributed by atoms with Crippen LogP contribution in [0.15, 0.2) is 30.3 Å². The molecule has 1 rings (SSSR count). The van der Waals surface area contributed by atoms with Gasteiger partial charge in [-0.05, 0) is 12.5 Å². The van der Waals surface area contributed by atoms with Gasteiger partial charge in [-0.1, -0.05) is 30.3 Å². The molecule has 0 radical (unpaired) electrons. The third-order valence-corrected chi connectivity index (χ3v) is 1.99. The molecule has 0 aliphatic rings. The van der Waals surface area contributed by atoms with E-state index < -0.39 is 5.91 Å². The Balaban J connectivity index is 2.43. The third kappa shape index (κ3) is 3.16. The standard InChI is InChI=1S/C10H14N2O2/c1-8(11-7-10(13)12-14)9-5-3-2-4-6-9/h2-6,8,11,14H,7H2,1H3,(H,12,13). The van der Waals surface area contributed by atoms with Crippen molar-refractivity contribution in [2.45, 2.75) is 13.0 Å². The summed E-state index contributed by atoms with van der Waals surface area (Å²) in [6.45, 7) is 2.06. The molecule has 0 bridgehead atoms. The molecular formula is C10H14N2O2. The number of rotatable bonds is 4. The van der Waals surface area contributed by atoms with E-state index in [1.54, 1.807) is 5.48 Å². The molecule has 0 aromatic heterocycles. The highest BCUT2D eigenvalue weighted by Crippen LogP contribution is 2.09. The second-order valence-corrected chi connectivity index (χ2v) is 3.05. The molecule has 0 saturated carbocycles. The SMILES string of the molecule is CC(NCC(=O)NO)c1ccccc1. The minimum Gasteiger partial charge on any atom is -0.302 e. The first kappa shape index (κ1) is 10.7. The molecule has 0 spiro atoms. The van der Waals surface area contributed by atoms with Crippen LogP contribution >= 0.6 is 0 Å². The molecule has 76 valence electrons. The number of hydrogen-bond acceptors (Lipinski definition) is 3. The Kier molecular flexibility index (Phi) is 4.10. The van der Waals surface area contributed by atoms with Crippen molar-refractivity contribution in [3.05, 3.63) is 35.9 Å². The van der Waals surface area contributed by atoms with E-state index in [1.807, 2.05) is 37.3 Å². The van der Waals surface area contributed by atoms with Crippen LogP contribution in [0.1, 0.15) is 18.5 Å². The van der Waals surface area contributed by atoms with Crippen molar-refractivity contribution < 1.29 is 10.0 Å². The number of amides is 1. The Bertz CT molecular complexity index is 287. The predicted octanol–water partition coefficient (Wildman–Crippen LogP) is 0.843. The summed E-state index contributed by atoms with van der Waals surface area (Å²) in [4.78, 5) is 10.7. The van der Waals surface area contributed by atoms with Crippen LogP contribution in [0, 0.1) is 0 Å². The Morgan fingerprint density at radius 1 is 1.43 bits per heavy atom. The zero-order valence-corrected chi connectivity index (χ0v) is 8.03. The number of nitrogens with one attached hydrogen (secondary N) is 2. The van der Waals surface area contributed by atoms with Crippen LogP contribution in [0.2, 0.25) is 0 Å². The maximum absolute atomic E-state index is 10.7. The van der Waals surface area contributed by atoms with Gasteiger partial charge in [0.1, 0.15) is 0 Å². The fourth-order valence-corrected chi connectivity index (χ4v) is 1.14. The number of hydroxylamine groups is 1. The molecular weight excluding hydrogens is 180 g/mol. The number of benzene rings is 1. The van der Waals surface area contributed by atoms with Crippen molar-refractivity contribution >= 4 is 5.91 Å². The van der Waals surface area contributed by atoms with E-state index in [0.717, 1.165) is 5.56 Å². The van der Waals surface area contributed by atoms with Gasteiger partial charge in [0.05, 0.1) is 6.54 Å². The Morgan fingerprint density at radius 2 is 2.07 bits per heavy atom. The maximum Gasteiger partial charge on any atom is 0.257 e. The predicted molar refractivity (Wildman–Crippen MR) is 52.8 cm³/mol. The average molecular weight is 194 g/mol. The molecule has 1 aromatic rings. The van der Waals surface area contributed by atoms with Crippen LogP contribution in [0.3, 0.4) is 0 Å². The first-order valence-electron chi connectivity index (χ1n) is 4.45. The van der Waals surface area contributed by atoms with Crippen LogP contribution in [-0.4, -0.2) is 17.7 Å². The van der Waals surface area contributed by atoms with Crippen molar-refractivity contribution in [2.24, 2.45) is 0 Å². The van der Waals surface area contributed by atoms with Gasteiger partial charge in [-0.3, -0.25) is 10.0 Å². The molecule has 0 aliphatic carbocycles. The summed E-state index contributed by atoms with van der Waals surface area (Å²) in [5, 5.41) is 11.3. The van der Waals surface area contributed by atoms with Crippen LogP contribution in [0.25, 0.3) is 0 Å². The van der Waals surface area contributed by atoms with E-state index in [9.17, 15) is 4.79 Å². The normalized spacial score (nSPS) is 12.1. The lowest BCUT2D eigenvalue weighted by atomic mass is 10.1. The maximum atomic E-state index is 10.7. The quantitative estimate of drug-likeness (QED) is 0.491. The number of carbonyl (C=O) groups excluding carboxylic acids is 1. The zero-order valence-electron chi connectivity index (χ0n) is 8.03. The molecule has 1 aromatic carbocycles. The summed E-state index contributed by atoms with van der Waals surface area (Å²) < 4.78 is 0. The van der Waals surface area contributed by atoms with Gasteiger partial charge in [-0.2, -0.15) is 0 Å². The number of hydrogen-bond donors (Lipinski definition) is 3.